The lowest BCUT2D eigenvalue weighted by molar-refractivity contribution is -0.132. The van der Waals surface area contributed by atoms with E-state index in [0.717, 1.165) is 45.8 Å². The van der Waals surface area contributed by atoms with Crippen LogP contribution in [0.3, 0.4) is 0 Å². The molecule has 2 amide bonds. The van der Waals surface area contributed by atoms with Crippen LogP contribution >= 0.6 is 23.2 Å². The van der Waals surface area contributed by atoms with E-state index >= 15 is 0 Å². The SMILES string of the molecule is O=C(CCN1CCN(C(=O)c2ccc(Cl)cc2Cl)CC1)N1CCNCC1. The first-order chi connectivity index (χ1) is 12.5. The number of halogens is 2. The van der Waals surface area contributed by atoms with Gasteiger partial charge in [-0.05, 0) is 18.2 Å². The van der Waals surface area contributed by atoms with Gasteiger partial charge in [-0.25, -0.2) is 0 Å². The zero-order valence-corrected chi connectivity index (χ0v) is 16.2. The third-order valence-electron chi connectivity index (χ3n) is 4.93. The minimum absolute atomic E-state index is 0.0665. The van der Waals surface area contributed by atoms with Crippen LogP contribution in [0.15, 0.2) is 18.2 Å². The summed E-state index contributed by atoms with van der Waals surface area (Å²) in [5.74, 6) is 0.154. The van der Waals surface area contributed by atoms with Gasteiger partial charge >= 0.3 is 0 Å². The first kappa shape index (κ1) is 19.4. The van der Waals surface area contributed by atoms with Crippen LogP contribution in [-0.2, 0) is 4.79 Å². The van der Waals surface area contributed by atoms with Crippen molar-refractivity contribution in [2.75, 3.05) is 58.9 Å². The summed E-state index contributed by atoms with van der Waals surface area (Å²) in [6.45, 7) is 6.90. The molecule has 1 aromatic rings. The monoisotopic (exact) mass is 398 g/mol. The Morgan fingerprint density at radius 3 is 2.31 bits per heavy atom. The predicted molar refractivity (Wildman–Crippen MR) is 103 cm³/mol. The second-order valence-electron chi connectivity index (χ2n) is 6.64. The van der Waals surface area contributed by atoms with Crippen LogP contribution < -0.4 is 5.32 Å². The van der Waals surface area contributed by atoms with E-state index in [4.69, 9.17) is 23.2 Å². The maximum absolute atomic E-state index is 12.6. The zero-order valence-electron chi connectivity index (χ0n) is 14.7. The standard InChI is InChI=1S/C18H24Cl2N4O2/c19-14-1-2-15(16(20)13-14)18(26)24-11-9-22(10-12-24)6-3-17(25)23-7-4-21-5-8-23/h1-2,13,21H,3-12H2. The first-order valence-corrected chi connectivity index (χ1v) is 9.75. The Labute approximate surface area is 164 Å². The average Bonchev–Trinajstić information content (AvgIpc) is 2.67. The molecule has 0 bridgehead atoms. The lowest BCUT2D eigenvalue weighted by Crippen LogP contribution is -2.50. The molecule has 1 aromatic carbocycles. The number of hydrogen-bond donors (Lipinski definition) is 1. The van der Waals surface area contributed by atoms with Gasteiger partial charge in [-0.2, -0.15) is 0 Å². The lowest BCUT2D eigenvalue weighted by Gasteiger charge is -2.35. The molecule has 2 fully saturated rings. The van der Waals surface area contributed by atoms with E-state index in [2.05, 4.69) is 10.2 Å². The number of nitrogens with one attached hydrogen (secondary N) is 1. The molecule has 0 unspecified atom stereocenters. The van der Waals surface area contributed by atoms with E-state index in [-0.39, 0.29) is 11.8 Å². The summed E-state index contributed by atoms with van der Waals surface area (Å²) in [6, 6.07) is 4.94. The van der Waals surface area contributed by atoms with Gasteiger partial charge in [-0.15, -0.1) is 0 Å². The van der Waals surface area contributed by atoms with Gasteiger partial charge in [0.15, 0.2) is 0 Å². The third-order valence-corrected chi connectivity index (χ3v) is 5.48. The number of amides is 2. The quantitative estimate of drug-likeness (QED) is 0.836. The first-order valence-electron chi connectivity index (χ1n) is 9.00. The van der Waals surface area contributed by atoms with Gasteiger partial charge < -0.3 is 15.1 Å². The van der Waals surface area contributed by atoms with Gasteiger partial charge in [0.1, 0.15) is 0 Å². The van der Waals surface area contributed by atoms with Crippen LogP contribution in [0.25, 0.3) is 0 Å². The Kier molecular flexibility index (Phi) is 6.75. The van der Waals surface area contributed by atoms with E-state index in [0.29, 0.717) is 35.1 Å². The smallest absolute Gasteiger partial charge is 0.255 e. The summed E-state index contributed by atoms with van der Waals surface area (Å²) in [7, 11) is 0. The fourth-order valence-corrected chi connectivity index (χ4v) is 3.82. The summed E-state index contributed by atoms with van der Waals surface area (Å²) < 4.78 is 0. The molecule has 0 atom stereocenters. The molecule has 1 N–H and O–H groups in total. The summed E-state index contributed by atoms with van der Waals surface area (Å²) in [6.07, 6.45) is 0.539. The van der Waals surface area contributed by atoms with Crippen molar-refractivity contribution in [2.24, 2.45) is 0 Å². The van der Waals surface area contributed by atoms with Crippen LogP contribution in [0.4, 0.5) is 0 Å². The molecule has 0 aromatic heterocycles. The lowest BCUT2D eigenvalue weighted by atomic mass is 10.1. The largest absolute Gasteiger partial charge is 0.340 e. The second-order valence-corrected chi connectivity index (χ2v) is 7.48. The van der Waals surface area contributed by atoms with Crippen LogP contribution in [0.5, 0.6) is 0 Å². The van der Waals surface area contributed by atoms with Crippen LogP contribution in [0.1, 0.15) is 16.8 Å². The highest BCUT2D eigenvalue weighted by molar-refractivity contribution is 6.36. The molecule has 0 radical (unpaired) electrons. The Balaban J connectivity index is 1.45. The molecule has 0 spiro atoms. The number of nitrogens with zero attached hydrogens (tertiary/aromatic N) is 3. The summed E-state index contributed by atoms with van der Waals surface area (Å²) >= 11 is 12.0. The molecule has 0 saturated carbocycles. The maximum atomic E-state index is 12.6. The minimum Gasteiger partial charge on any atom is -0.340 e. The summed E-state index contributed by atoms with van der Waals surface area (Å²) in [5, 5.41) is 4.15. The molecule has 26 heavy (non-hydrogen) atoms. The second kappa shape index (κ2) is 9.04. The highest BCUT2D eigenvalue weighted by Crippen LogP contribution is 2.22. The highest BCUT2D eigenvalue weighted by atomic mass is 35.5. The van der Waals surface area contributed by atoms with Crippen molar-refractivity contribution >= 4 is 35.0 Å². The molecule has 2 aliphatic rings. The van der Waals surface area contributed by atoms with Gasteiger partial charge in [0.25, 0.3) is 5.91 Å². The van der Waals surface area contributed by atoms with E-state index in [1.807, 2.05) is 9.80 Å². The predicted octanol–water partition coefficient (Wildman–Crippen LogP) is 1.57. The van der Waals surface area contributed by atoms with Crippen molar-refractivity contribution in [3.8, 4) is 0 Å². The number of carbonyl (C=O) groups excluding carboxylic acids is 2. The Morgan fingerprint density at radius 2 is 1.65 bits per heavy atom. The fraction of sp³-hybridized carbons (Fsp3) is 0.556. The van der Waals surface area contributed by atoms with E-state index in [9.17, 15) is 9.59 Å². The zero-order chi connectivity index (χ0) is 18.5. The number of rotatable bonds is 4. The third kappa shape index (κ3) is 4.88. The molecule has 3 rings (SSSR count). The van der Waals surface area contributed by atoms with Crippen molar-refractivity contribution in [2.45, 2.75) is 6.42 Å². The number of carbonyl (C=O) groups is 2. The summed E-state index contributed by atoms with van der Waals surface area (Å²) in [4.78, 5) is 30.9. The molecule has 6 nitrogen and oxygen atoms in total. The summed E-state index contributed by atoms with van der Waals surface area (Å²) in [5.41, 5.74) is 0.485. The number of benzene rings is 1. The normalized spacial score (nSPS) is 18.8. The van der Waals surface area contributed by atoms with Gasteiger partial charge in [-0.3, -0.25) is 14.5 Å². The molecule has 2 heterocycles. The van der Waals surface area contributed by atoms with Crippen molar-refractivity contribution in [1.29, 1.82) is 0 Å². The molecular formula is C18H24Cl2N4O2. The minimum atomic E-state index is -0.0665. The molecule has 2 aliphatic heterocycles. The van der Waals surface area contributed by atoms with Gasteiger partial charge in [0.2, 0.25) is 5.91 Å². The highest BCUT2D eigenvalue weighted by Gasteiger charge is 2.24. The van der Waals surface area contributed by atoms with Crippen molar-refractivity contribution in [3.63, 3.8) is 0 Å². The van der Waals surface area contributed by atoms with Gasteiger partial charge in [0.05, 0.1) is 10.6 Å². The Bertz CT molecular complexity index is 657. The number of hydrogen-bond acceptors (Lipinski definition) is 4. The van der Waals surface area contributed by atoms with E-state index in [1.165, 1.54) is 0 Å². The molecule has 142 valence electrons. The molecular weight excluding hydrogens is 375 g/mol. The van der Waals surface area contributed by atoms with Gasteiger partial charge in [0, 0.05) is 70.3 Å². The fourth-order valence-electron chi connectivity index (χ4n) is 3.33. The van der Waals surface area contributed by atoms with Crippen LogP contribution in [0.2, 0.25) is 10.0 Å². The van der Waals surface area contributed by atoms with E-state index in [1.54, 1.807) is 18.2 Å². The topological polar surface area (TPSA) is 55.9 Å². The van der Waals surface area contributed by atoms with Crippen LogP contribution in [-0.4, -0.2) is 85.4 Å². The van der Waals surface area contributed by atoms with Gasteiger partial charge in [-0.1, -0.05) is 23.2 Å². The van der Waals surface area contributed by atoms with Crippen molar-refractivity contribution in [3.05, 3.63) is 33.8 Å². The maximum Gasteiger partial charge on any atom is 0.255 e. The van der Waals surface area contributed by atoms with Crippen LogP contribution in [0, 0.1) is 0 Å². The Morgan fingerprint density at radius 1 is 0.962 bits per heavy atom. The van der Waals surface area contributed by atoms with Crippen molar-refractivity contribution in [1.82, 2.24) is 20.0 Å². The molecule has 2 saturated heterocycles. The van der Waals surface area contributed by atoms with Crippen molar-refractivity contribution < 1.29 is 9.59 Å². The molecule has 0 aliphatic carbocycles. The Hall–Kier alpha value is -1.34. The van der Waals surface area contributed by atoms with E-state index < -0.39 is 0 Å². The molecule has 8 heteroatoms. The number of piperazine rings is 2. The average molecular weight is 399 g/mol.